The van der Waals surface area contributed by atoms with E-state index >= 15 is 0 Å². The highest BCUT2D eigenvalue weighted by molar-refractivity contribution is 7.99. The average molecular weight is 306 g/mol. The lowest BCUT2D eigenvalue weighted by molar-refractivity contribution is -0.133. The fraction of sp³-hybridized carbons (Fsp3) is 0.308. The van der Waals surface area contributed by atoms with E-state index in [0.29, 0.717) is 11.7 Å². The summed E-state index contributed by atoms with van der Waals surface area (Å²) in [6, 6.07) is 7.88. The molecular formula is C13H14N4O3S. The van der Waals surface area contributed by atoms with Gasteiger partial charge in [-0.3, -0.25) is 9.36 Å². The number of carboxylic acids is 1. The molecule has 1 aromatic heterocycles. The van der Waals surface area contributed by atoms with Crippen molar-refractivity contribution in [2.45, 2.75) is 24.2 Å². The number of hydrogen-bond donors (Lipinski definition) is 2. The summed E-state index contributed by atoms with van der Waals surface area (Å²) in [5.74, 6) is 0.165. The number of nitrogen functional groups attached to an aromatic ring is 1. The van der Waals surface area contributed by atoms with Crippen LogP contribution >= 0.6 is 11.8 Å². The second kappa shape index (κ2) is 5.65. The van der Waals surface area contributed by atoms with Crippen LogP contribution in [0.4, 0.5) is 5.95 Å². The van der Waals surface area contributed by atoms with Crippen LogP contribution in [-0.4, -0.2) is 37.7 Å². The predicted molar refractivity (Wildman–Crippen MR) is 77.4 cm³/mol. The lowest BCUT2D eigenvalue weighted by Gasteiger charge is -2.13. The molecule has 0 bridgehead atoms. The SMILES string of the molecule is Nc1nnc(SCC(=O)O)n1CC1Cc2ccccc2O1. The van der Waals surface area contributed by atoms with Crippen LogP contribution in [0.15, 0.2) is 29.4 Å². The molecule has 2 aromatic rings. The fourth-order valence-corrected chi connectivity index (χ4v) is 2.94. The highest BCUT2D eigenvalue weighted by Crippen LogP contribution is 2.30. The van der Waals surface area contributed by atoms with E-state index in [4.69, 9.17) is 15.6 Å². The Bertz CT molecular complexity index is 648. The average Bonchev–Trinajstić information content (AvgIpc) is 3.01. The monoisotopic (exact) mass is 306 g/mol. The van der Waals surface area contributed by atoms with E-state index in [0.717, 1.165) is 29.5 Å². The van der Waals surface area contributed by atoms with Crippen LogP contribution in [0.2, 0.25) is 0 Å². The Labute approximate surface area is 125 Å². The molecule has 1 aromatic carbocycles. The molecule has 21 heavy (non-hydrogen) atoms. The molecule has 7 nitrogen and oxygen atoms in total. The molecule has 0 amide bonds. The number of thioether (sulfide) groups is 1. The van der Waals surface area contributed by atoms with Gasteiger partial charge in [0.05, 0.1) is 12.3 Å². The summed E-state index contributed by atoms with van der Waals surface area (Å²) in [7, 11) is 0. The van der Waals surface area contributed by atoms with Crippen molar-refractivity contribution in [2.24, 2.45) is 0 Å². The molecular weight excluding hydrogens is 292 g/mol. The minimum absolute atomic E-state index is 0.0510. The number of aromatic nitrogens is 3. The number of fused-ring (bicyclic) bond motifs is 1. The molecule has 0 radical (unpaired) electrons. The summed E-state index contributed by atoms with van der Waals surface area (Å²) in [6.07, 6.45) is 0.737. The van der Waals surface area contributed by atoms with Gasteiger partial charge in [-0.2, -0.15) is 0 Å². The zero-order valence-corrected chi connectivity index (χ0v) is 11.9. The number of para-hydroxylation sites is 1. The number of benzene rings is 1. The molecule has 0 aliphatic carbocycles. The Morgan fingerprint density at radius 1 is 1.48 bits per heavy atom. The van der Waals surface area contributed by atoms with Crippen LogP contribution in [0.25, 0.3) is 0 Å². The van der Waals surface area contributed by atoms with Gasteiger partial charge in [0, 0.05) is 6.42 Å². The lowest BCUT2D eigenvalue weighted by Crippen LogP contribution is -2.22. The second-order valence-electron chi connectivity index (χ2n) is 4.69. The Balaban J connectivity index is 1.71. The highest BCUT2D eigenvalue weighted by atomic mass is 32.2. The third-order valence-corrected chi connectivity index (χ3v) is 4.12. The van der Waals surface area contributed by atoms with Gasteiger partial charge in [-0.15, -0.1) is 10.2 Å². The number of nitrogens with zero attached hydrogens (tertiary/aromatic N) is 3. The predicted octanol–water partition coefficient (Wildman–Crippen LogP) is 1.04. The molecule has 3 N–H and O–H groups in total. The first-order valence-corrected chi connectivity index (χ1v) is 7.40. The van der Waals surface area contributed by atoms with Gasteiger partial charge in [0.25, 0.3) is 0 Å². The number of anilines is 1. The highest BCUT2D eigenvalue weighted by Gasteiger charge is 2.25. The maximum absolute atomic E-state index is 10.6. The first-order chi connectivity index (χ1) is 10.1. The summed E-state index contributed by atoms with van der Waals surface area (Å²) in [5, 5.41) is 17.0. The molecule has 0 fully saturated rings. The number of aliphatic carboxylic acids is 1. The van der Waals surface area contributed by atoms with Crippen LogP contribution in [0.5, 0.6) is 5.75 Å². The van der Waals surface area contributed by atoms with Gasteiger partial charge < -0.3 is 15.6 Å². The van der Waals surface area contributed by atoms with Crippen LogP contribution in [-0.2, 0) is 17.8 Å². The molecule has 1 atom stereocenters. The standard InChI is InChI=1S/C13H14N4O3S/c14-12-15-16-13(21-7-11(18)19)17(12)6-9-5-8-3-1-2-4-10(8)20-9/h1-4,9H,5-7H2,(H2,14,15)(H,18,19). The topological polar surface area (TPSA) is 103 Å². The first-order valence-electron chi connectivity index (χ1n) is 6.41. The van der Waals surface area contributed by atoms with Crippen molar-refractivity contribution in [2.75, 3.05) is 11.5 Å². The van der Waals surface area contributed by atoms with Crippen molar-refractivity contribution >= 4 is 23.7 Å². The zero-order chi connectivity index (χ0) is 14.8. The van der Waals surface area contributed by atoms with Crippen molar-refractivity contribution in [3.05, 3.63) is 29.8 Å². The maximum atomic E-state index is 10.6. The summed E-state index contributed by atoms with van der Waals surface area (Å²) < 4.78 is 7.56. The Kier molecular flexibility index (Phi) is 3.70. The number of carbonyl (C=O) groups is 1. The minimum Gasteiger partial charge on any atom is -0.488 e. The molecule has 8 heteroatoms. The Morgan fingerprint density at radius 3 is 3.05 bits per heavy atom. The third kappa shape index (κ3) is 2.94. The number of nitrogens with two attached hydrogens (primary N) is 1. The molecule has 1 aliphatic rings. The van der Waals surface area contributed by atoms with Crippen molar-refractivity contribution in [1.29, 1.82) is 0 Å². The molecule has 0 saturated heterocycles. The van der Waals surface area contributed by atoms with Gasteiger partial charge in [0.15, 0.2) is 5.16 Å². The van der Waals surface area contributed by atoms with E-state index in [9.17, 15) is 4.79 Å². The first kappa shape index (κ1) is 13.7. The molecule has 0 spiro atoms. The normalized spacial score (nSPS) is 16.5. The number of rotatable bonds is 5. The summed E-state index contributed by atoms with van der Waals surface area (Å²) in [5.41, 5.74) is 6.96. The van der Waals surface area contributed by atoms with E-state index < -0.39 is 5.97 Å². The van der Waals surface area contributed by atoms with Crippen molar-refractivity contribution < 1.29 is 14.6 Å². The summed E-state index contributed by atoms with van der Waals surface area (Å²) in [6.45, 7) is 0.496. The van der Waals surface area contributed by atoms with Gasteiger partial charge in [0.1, 0.15) is 11.9 Å². The van der Waals surface area contributed by atoms with E-state index in [1.807, 2.05) is 24.3 Å². The molecule has 2 heterocycles. The Morgan fingerprint density at radius 2 is 2.29 bits per heavy atom. The third-order valence-electron chi connectivity index (χ3n) is 3.17. The number of ether oxygens (including phenoxy) is 1. The number of hydrogen-bond acceptors (Lipinski definition) is 6. The van der Waals surface area contributed by atoms with Crippen molar-refractivity contribution in [1.82, 2.24) is 14.8 Å². The van der Waals surface area contributed by atoms with Gasteiger partial charge >= 0.3 is 5.97 Å². The largest absolute Gasteiger partial charge is 0.488 e. The quantitative estimate of drug-likeness (QED) is 0.795. The molecule has 1 aliphatic heterocycles. The zero-order valence-electron chi connectivity index (χ0n) is 11.1. The number of carboxylic acid groups (broad SMARTS) is 1. The molecule has 3 rings (SSSR count). The van der Waals surface area contributed by atoms with Gasteiger partial charge in [-0.05, 0) is 11.6 Å². The van der Waals surface area contributed by atoms with E-state index in [1.165, 1.54) is 0 Å². The van der Waals surface area contributed by atoms with Crippen LogP contribution in [0.1, 0.15) is 5.56 Å². The van der Waals surface area contributed by atoms with Gasteiger partial charge in [-0.25, -0.2) is 0 Å². The minimum atomic E-state index is -0.905. The van der Waals surface area contributed by atoms with Crippen LogP contribution < -0.4 is 10.5 Å². The van der Waals surface area contributed by atoms with E-state index in [2.05, 4.69) is 10.2 Å². The van der Waals surface area contributed by atoms with Crippen molar-refractivity contribution in [3.63, 3.8) is 0 Å². The lowest BCUT2D eigenvalue weighted by atomic mass is 10.1. The Hall–Kier alpha value is -2.22. The van der Waals surface area contributed by atoms with Gasteiger partial charge in [-0.1, -0.05) is 30.0 Å². The summed E-state index contributed by atoms with van der Waals surface area (Å²) in [4.78, 5) is 10.6. The fourth-order valence-electron chi connectivity index (χ4n) is 2.26. The van der Waals surface area contributed by atoms with E-state index in [-0.39, 0.29) is 17.8 Å². The second-order valence-corrected chi connectivity index (χ2v) is 5.63. The molecule has 0 saturated carbocycles. The van der Waals surface area contributed by atoms with Crippen LogP contribution in [0, 0.1) is 0 Å². The van der Waals surface area contributed by atoms with Gasteiger partial charge in [0.2, 0.25) is 5.95 Å². The molecule has 110 valence electrons. The smallest absolute Gasteiger partial charge is 0.313 e. The van der Waals surface area contributed by atoms with E-state index in [1.54, 1.807) is 4.57 Å². The van der Waals surface area contributed by atoms with Crippen LogP contribution in [0.3, 0.4) is 0 Å². The molecule has 1 unspecified atom stereocenters. The maximum Gasteiger partial charge on any atom is 0.313 e. The van der Waals surface area contributed by atoms with Crippen molar-refractivity contribution in [3.8, 4) is 5.75 Å². The summed E-state index contributed by atoms with van der Waals surface area (Å²) >= 11 is 1.10.